The predicted molar refractivity (Wildman–Crippen MR) is 68.7 cm³/mol. The molecule has 2 aliphatic heterocycles. The van der Waals surface area contributed by atoms with Crippen LogP contribution in [0.4, 0.5) is 5.95 Å². The second kappa shape index (κ2) is 5.24. The van der Waals surface area contributed by atoms with E-state index in [0.29, 0.717) is 12.6 Å². The zero-order valence-electron chi connectivity index (χ0n) is 10.9. The third kappa shape index (κ3) is 2.22. The Morgan fingerprint density at radius 1 is 1.44 bits per heavy atom. The third-order valence-corrected chi connectivity index (χ3v) is 4.00. The molecule has 0 amide bonds. The second-order valence-corrected chi connectivity index (χ2v) is 5.15. The van der Waals surface area contributed by atoms with Crippen LogP contribution in [0.3, 0.4) is 0 Å². The van der Waals surface area contributed by atoms with Crippen LogP contribution in [0.5, 0.6) is 0 Å². The zero-order valence-corrected chi connectivity index (χ0v) is 10.9. The summed E-state index contributed by atoms with van der Waals surface area (Å²) in [5.74, 6) is 2.54. The Bertz CT molecular complexity index is 394. The summed E-state index contributed by atoms with van der Waals surface area (Å²) in [4.78, 5) is 6.95. The first-order valence-electron chi connectivity index (χ1n) is 6.76. The minimum atomic E-state index is 0.574. The molecule has 6 nitrogen and oxygen atoms in total. The second-order valence-electron chi connectivity index (χ2n) is 5.15. The first kappa shape index (κ1) is 11.9. The molecule has 1 aromatic rings. The fourth-order valence-electron chi connectivity index (χ4n) is 3.04. The number of nitrogens with one attached hydrogen (secondary N) is 2. The van der Waals surface area contributed by atoms with Crippen molar-refractivity contribution < 1.29 is 4.74 Å². The minimum Gasteiger partial charge on any atom is -0.384 e. The number of hydrogen-bond donors (Lipinski definition) is 2. The number of methoxy groups -OCH3 is 1. The smallest absolute Gasteiger partial charge is 0.245 e. The van der Waals surface area contributed by atoms with Gasteiger partial charge in [-0.15, -0.1) is 5.10 Å². The average Bonchev–Trinajstić information content (AvgIpc) is 3.04. The van der Waals surface area contributed by atoms with E-state index in [1.54, 1.807) is 7.11 Å². The summed E-state index contributed by atoms with van der Waals surface area (Å²) >= 11 is 0. The van der Waals surface area contributed by atoms with Crippen molar-refractivity contribution in [1.82, 2.24) is 20.5 Å². The summed E-state index contributed by atoms with van der Waals surface area (Å²) in [7, 11) is 1.71. The van der Waals surface area contributed by atoms with Gasteiger partial charge in [0.15, 0.2) is 0 Å². The number of fused-ring (bicyclic) bond motifs is 1. The molecule has 2 fully saturated rings. The molecule has 6 heteroatoms. The van der Waals surface area contributed by atoms with Crippen LogP contribution in [-0.4, -0.2) is 54.6 Å². The van der Waals surface area contributed by atoms with Crippen molar-refractivity contribution in [2.24, 2.45) is 5.92 Å². The van der Waals surface area contributed by atoms with Crippen LogP contribution < -0.4 is 10.2 Å². The molecule has 100 valence electrons. The Labute approximate surface area is 107 Å². The summed E-state index contributed by atoms with van der Waals surface area (Å²) in [6.07, 6.45) is 3.36. The Hall–Kier alpha value is -1.14. The van der Waals surface area contributed by atoms with Crippen molar-refractivity contribution in [3.63, 3.8) is 0 Å². The lowest BCUT2D eigenvalue weighted by molar-refractivity contribution is 0.200. The molecule has 0 aromatic carbocycles. The van der Waals surface area contributed by atoms with Crippen molar-refractivity contribution in [3.8, 4) is 0 Å². The molecule has 0 radical (unpaired) electrons. The summed E-state index contributed by atoms with van der Waals surface area (Å²) in [5, 5.41) is 10.9. The van der Waals surface area contributed by atoms with E-state index in [1.165, 1.54) is 12.8 Å². The topological polar surface area (TPSA) is 66.1 Å². The lowest BCUT2D eigenvalue weighted by Gasteiger charge is -2.36. The summed E-state index contributed by atoms with van der Waals surface area (Å²) < 4.78 is 5.06. The summed E-state index contributed by atoms with van der Waals surface area (Å²) in [6, 6.07) is 0.574. The standard InChI is InChI=1S/C12H21N5O/c1-18-6-4-11-14-12(16-15-11)17-5-2-3-9-7-13-8-10(9)17/h9-10,13H,2-8H2,1H3,(H,14,15,16). The van der Waals surface area contributed by atoms with E-state index < -0.39 is 0 Å². The highest BCUT2D eigenvalue weighted by molar-refractivity contribution is 5.33. The average molecular weight is 251 g/mol. The van der Waals surface area contributed by atoms with Gasteiger partial charge in [-0.2, -0.15) is 4.98 Å². The molecule has 2 unspecified atom stereocenters. The van der Waals surface area contributed by atoms with Crippen molar-refractivity contribution in [1.29, 1.82) is 0 Å². The summed E-state index contributed by atoms with van der Waals surface area (Å²) in [5.41, 5.74) is 0. The predicted octanol–water partition coefficient (Wildman–Crippen LogP) is 0.182. The van der Waals surface area contributed by atoms with Crippen molar-refractivity contribution in [2.75, 3.05) is 38.3 Å². The molecular formula is C12H21N5O. The lowest BCUT2D eigenvalue weighted by atomic mass is 9.92. The van der Waals surface area contributed by atoms with Crippen molar-refractivity contribution in [2.45, 2.75) is 25.3 Å². The van der Waals surface area contributed by atoms with Gasteiger partial charge in [0.05, 0.1) is 6.61 Å². The fourth-order valence-corrected chi connectivity index (χ4v) is 3.04. The molecule has 3 heterocycles. The fraction of sp³-hybridized carbons (Fsp3) is 0.833. The van der Waals surface area contributed by atoms with Gasteiger partial charge < -0.3 is 15.0 Å². The molecule has 1 aromatic heterocycles. The molecule has 2 N–H and O–H groups in total. The van der Waals surface area contributed by atoms with Crippen LogP contribution in [0, 0.1) is 5.92 Å². The van der Waals surface area contributed by atoms with Gasteiger partial charge >= 0.3 is 0 Å². The lowest BCUT2D eigenvalue weighted by Crippen LogP contribution is -2.45. The van der Waals surface area contributed by atoms with E-state index in [-0.39, 0.29) is 0 Å². The summed E-state index contributed by atoms with van der Waals surface area (Å²) in [6.45, 7) is 3.96. The number of rotatable bonds is 4. The number of aromatic nitrogens is 3. The molecule has 0 saturated carbocycles. The molecule has 2 atom stereocenters. The number of aromatic amines is 1. The van der Waals surface area contributed by atoms with Crippen LogP contribution in [0.1, 0.15) is 18.7 Å². The van der Waals surface area contributed by atoms with Gasteiger partial charge in [0, 0.05) is 39.2 Å². The largest absolute Gasteiger partial charge is 0.384 e. The molecule has 0 spiro atoms. The molecule has 18 heavy (non-hydrogen) atoms. The van der Waals surface area contributed by atoms with Crippen LogP contribution in [0.2, 0.25) is 0 Å². The quantitative estimate of drug-likeness (QED) is 0.799. The van der Waals surface area contributed by atoms with Crippen LogP contribution >= 0.6 is 0 Å². The molecule has 2 aliphatic rings. The minimum absolute atomic E-state index is 0.574. The van der Waals surface area contributed by atoms with Crippen LogP contribution in [-0.2, 0) is 11.2 Å². The molecule has 2 saturated heterocycles. The Balaban J connectivity index is 1.71. The molecule has 0 bridgehead atoms. The number of ether oxygens (including phenoxy) is 1. The van der Waals surface area contributed by atoms with Gasteiger partial charge in [-0.25, -0.2) is 0 Å². The number of nitrogens with zero attached hydrogens (tertiary/aromatic N) is 3. The van der Waals surface area contributed by atoms with E-state index in [1.807, 2.05) is 0 Å². The number of hydrogen-bond acceptors (Lipinski definition) is 5. The molecule has 0 aliphatic carbocycles. The first-order chi connectivity index (χ1) is 8.88. The monoisotopic (exact) mass is 251 g/mol. The molecular weight excluding hydrogens is 230 g/mol. The highest BCUT2D eigenvalue weighted by atomic mass is 16.5. The normalized spacial score (nSPS) is 27.5. The van der Waals surface area contributed by atoms with E-state index in [2.05, 4.69) is 25.4 Å². The highest BCUT2D eigenvalue weighted by Gasteiger charge is 2.36. The van der Waals surface area contributed by atoms with E-state index in [9.17, 15) is 0 Å². The van der Waals surface area contributed by atoms with Gasteiger partial charge in [0.1, 0.15) is 5.82 Å². The maximum atomic E-state index is 5.06. The Morgan fingerprint density at radius 3 is 3.28 bits per heavy atom. The van der Waals surface area contributed by atoms with Crippen molar-refractivity contribution in [3.05, 3.63) is 5.82 Å². The van der Waals surface area contributed by atoms with E-state index in [4.69, 9.17) is 4.74 Å². The van der Waals surface area contributed by atoms with Gasteiger partial charge in [-0.3, -0.25) is 5.10 Å². The highest BCUT2D eigenvalue weighted by Crippen LogP contribution is 2.28. The zero-order chi connectivity index (χ0) is 12.4. The number of piperidine rings is 1. The Morgan fingerprint density at radius 2 is 2.39 bits per heavy atom. The van der Waals surface area contributed by atoms with Gasteiger partial charge in [-0.05, 0) is 18.8 Å². The van der Waals surface area contributed by atoms with Crippen molar-refractivity contribution >= 4 is 5.95 Å². The molecule has 3 rings (SSSR count). The number of H-pyrrole nitrogens is 1. The van der Waals surface area contributed by atoms with Crippen LogP contribution in [0.25, 0.3) is 0 Å². The third-order valence-electron chi connectivity index (χ3n) is 4.00. The van der Waals surface area contributed by atoms with Gasteiger partial charge in [0.2, 0.25) is 5.95 Å². The Kier molecular flexibility index (Phi) is 3.47. The maximum absolute atomic E-state index is 5.06. The maximum Gasteiger partial charge on any atom is 0.245 e. The van der Waals surface area contributed by atoms with E-state index in [0.717, 1.165) is 43.7 Å². The van der Waals surface area contributed by atoms with Gasteiger partial charge in [0.25, 0.3) is 0 Å². The first-order valence-corrected chi connectivity index (χ1v) is 6.76. The number of anilines is 1. The van der Waals surface area contributed by atoms with Gasteiger partial charge in [-0.1, -0.05) is 0 Å². The van der Waals surface area contributed by atoms with E-state index >= 15 is 0 Å². The SMILES string of the molecule is COCCc1nc(N2CCCC3CNCC32)n[nH]1. The van der Waals surface area contributed by atoms with Crippen LogP contribution in [0.15, 0.2) is 0 Å².